The van der Waals surface area contributed by atoms with Crippen LogP contribution in [-0.2, 0) is 4.74 Å². The molecule has 1 N–H and O–H groups in total. The molecule has 0 fully saturated rings. The molecule has 0 saturated carbocycles. The Hall–Kier alpha value is -1.57. The van der Waals surface area contributed by atoms with Gasteiger partial charge in [-0.15, -0.1) is 0 Å². The lowest BCUT2D eigenvalue weighted by Crippen LogP contribution is -2.25. The fraction of sp³-hybridized carbons (Fsp3) is 0.500. The highest BCUT2D eigenvalue weighted by Gasteiger charge is 2.16. The third-order valence-corrected chi connectivity index (χ3v) is 2.92. The highest BCUT2D eigenvalue weighted by Crippen LogP contribution is 2.20. The molecule has 1 aromatic rings. The maximum absolute atomic E-state index is 13.6. The first-order chi connectivity index (χ1) is 9.48. The smallest absolute Gasteiger partial charge is 0.165 e. The van der Waals surface area contributed by atoms with Crippen molar-refractivity contribution >= 4 is 0 Å². The second-order valence-electron chi connectivity index (χ2n) is 4.98. The molecule has 0 unspecified atom stereocenters. The van der Waals surface area contributed by atoms with Gasteiger partial charge in [0.1, 0.15) is 0 Å². The maximum Gasteiger partial charge on any atom is 0.165 e. The van der Waals surface area contributed by atoms with Gasteiger partial charge in [0.05, 0.1) is 18.8 Å². The van der Waals surface area contributed by atoms with Crippen molar-refractivity contribution in [1.82, 2.24) is 0 Å². The molecule has 0 spiro atoms. The van der Waals surface area contributed by atoms with E-state index in [4.69, 9.17) is 14.6 Å². The summed E-state index contributed by atoms with van der Waals surface area (Å²) < 4.78 is 24.3. The second-order valence-corrected chi connectivity index (χ2v) is 4.98. The molecule has 0 aliphatic rings. The zero-order chi connectivity index (χ0) is 15.0. The average molecular weight is 280 g/mol. The van der Waals surface area contributed by atoms with Gasteiger partial charge in [-0.05, 0) is 32.0 Å². The van der Waals surface area contributed by atoms with Gasteiger partial charge >= 0.3 is 0 Å². The van der Waals surface area contributed by atoms with E-state index in [1.54, 1.807) is 19.2 Å². The van der Waals surface area contributed by atoms with Crippen molar-refractivity contribution in [3.05, 3.63) is 29.6 Å². The Kier molecular flexibility index (Phi) is 6.50. The van der Waals surface area contributed by atoms with E-state index in [9.17, 15) is 4.39 Å². The van der Waals surface area contributed by atoms with Gasteiger partial charge in [-0.25, -0.2) is 4.39 Å². The topological polar surface area (TPSA) is 38.7 Å². The highest BCUT2D eigenvalue weighted by molar-refractivity contribution is 5.40. The summed E-state index contributed by atoms with van der Waals surface area (Å²) in [7, 11) is 1.64. The molecule has 110 valence electrons. The predicted octanol–water partition coefficient (Wildman–Crippen LogP) is 2.75. The minimum absolute atomic E-state index is 0.0175. The van der Waals surface area contributed by atoms with Crippen LogP contribution in [0.5, 0.6) is 5.75 Å². The van der Waals surface area contributed by atoms with Crippen LogP contribution in [0.1, 0.15) is 32.3 Å². The van der Waals surface area contributed by atoms with E-state index in [1.165, 1.54) is 6.07 Å². The Labute approximate surface area is 119 Å². The predicted molar refractivity (Wildman–Crippen MR) is 76.2 cm³/mol. The van der Waals surface area contributed by atoms with Gasteiger partial charge < -0.3 is 14.6 Å². The van der Waals surface area contributed by atoms with Gasteiger partial charge in [0.15, 0.2) is 11.6 Å². The summed E-state index contributed by atoms with van der Waals surface area (Å²) in [5, 5.41) is 8.66. The number of benzene rings is 1. The summed E-state index contributed by atoms with van der Waals surface area (Å²) in [6.45, 7) is 4.28. The first-order valence-electron chi connectivity index (χ1n) is 6.56. The standard InChI is InChI=1S/C16H21FO3/c1-16(2,19-3)9-11-20-15-12-13(6-4-5-10-18)7-8-14(15)17/h7-8,12,18H,5,9-11H2,1-3H3. The summed E-state index contributed by atoms with van der Waals surface area (Å²) >= 11 is 0. The normalized spacial score (nSPS) is 10.8. The molecule has 0 amide bonds. The van der Waals surface area contributed by atoms with E-state index in [1.807, 2.05) is 13.8 Å². The van der Waals surface area contributed by atoms with Crippen LogP contribution >= 0.6 is 0 Å². The molecule has 0 atom stereocenters. The largest absolute Gasteiger partial charge is 0.490 e. The molecule has 0 saturated heterocycles. The number of ether oxygens (including phenoxy) is 2. The molecule has 1 rings (SSSR count). The van der Waals surface area contributed by atoms with Crippen molar-refractivity contribution in [1.29, 1.82) is 0 Å². The second kappa shape index (κ2) is 7.88. The van der Waals surface area contributed by atoms with Crippen molar-refractivity contribution in [2.75, 3.05) is 20.3 Å². The van der Waals surface area contributed by atoms with Gasteiger partial charge in [0.2, 0.25) is 0 Å². The van der Waals surface area contributed by atoms with Gasteiger partial charge in [-0.3, -0.25) is 0 Å². The van der Waals surface area contributed by atoms with Gasteiger partial charge in [-0.2, -0.15) is 0 Å². The van der Waals surface area contributed by atoms with Crippen LogP contribution in [0.2, 0.25) is 0 Å². The quantitative estimate of drug-likeness (QED) is 0.814. The number of halogens is 1. The Morgan fingerprint density at radius 2 is 2.10 bits per heavy atom. The summed E-state index contributed by atoms with van der Waals surface area (Å²) in [5.41, 5.74) is 0.371. The molecule has 0 bridgehead atoms. The van der Waals surface area contributed by atoms with Crippen LogP contribution in [0.25, 0.3) is 0 Å². The third kappa shape index (κ3) is 5.60. The Bertz CT molecular complexity index is 486. The van der Waals surface area contributed by atoms with Crippen molar-refractivity contribution < 1.29 is 19.0 Å². The first kappa shape index (κ1) is 16.5. The molecule has 0 aliphatic carbocycles. The maximum atomic E-state index is 13.6. The molecule has 0 radical (unpaired) electrons. The Balaban J connectivity index is 2.66. The SMILES string of the molecule is COC(C)(C)CCOc1cc(C#CCCO)ccc1F. The minimum atomic E-state index is -0.409. The lowest BCUT2D eigenvalue weighted by molar-refractivity contribution is 0.00514. The first-order valence-corrected chi connectivity index (χ1v) is 6.56. The van der Waals surface area contributed by atoms with Crippen molar-refractivity contribution in [2.24, 2.45) is 0 Å². The molecule has 0 aromatic heterocycles. The number of hydrogen-bond acceptors (Lipinski definition) is 3. The van der Waals surface area contributed by atoms with Gasteiger partial charge in [-0.1, -0.05) is 11.8 Å². The molecule has 1 aromatic carbocycles. The third-order valence-electron chi connectivity index (χ3n) is 2.92. The molecular weight excluding hydrogens is 259 g/mol. The van der Waals surface area contributed by atoms with Crippen LogP contribution in [0.3, 0.4) is 0 Å². The molecule has 4 heteroatoms. The van der Waals surface area contributed by atoms with Crippen LogP contribution in [0.4, 0.5) is 4.39 Å². The molecule has 3 nitrogen and oxygen atoms in total. The lowest BCUT2D eigenvalue weighted by Gasteiger charge is -2.22. The van der Waals surface area contributed by atoms with Crippen molar-refractivity contribution in [3.8, 4) is 17.6 Å². The number of methoxy groups -OCH3 is 1. The number of rotatable bonds is 6. The minimum Gasteiger partial charge on any atom is -0.490 e. The highest BCUT2D eigenvalue weighted by atomic mass is 19.1. The fourth-order valence-corrected chi connectivity index (χ4v) is 1.42. The average Bonchev–Trinajstić information content (AvgIpc) is 2.42. The zero-order valence-electron chi connectivity index (χ0n) is 12.2. The summed E-state index contributed by atoms with van der Waals surface area (Å²) in [6, 6.07) is 4.49. The lowest BCUT2D eigenvalue weighted by atomic mass is 10.1. The van der Waals surface area contributed by atoms with E-state index in [0.29, 0.717) is 25.0 Å². The van der Waals surface area contributed by atoms with Crippen LogP contribution in [-0.4, -0.2) is 31.0 Å². The Morgan fingerprint density at radius 1 is 1.35 bits per heavy atom. The zero-order valence-corrected chi connectivity index (χ0v) is 12.2. The number of hydrogen-bond donors (Lipinski definition) is 1. The van der Waals surface area contributed by atoms with E-state index >= 15 is 0 Å². The number of aliphatic hydroxyl groups is 1. The van der Waals surface area contributed by atoms with Gasteiger partial charge in [0, 0.05) is 25.5 Å². The van der Waals surface area contributed by atoms with Crippen molar-refractivity contribution in [3.63, 3.8) is 0 Å². The summed E-state index contributed by atoms with van der Waals surface area (Å²) in [6.07, 6.45) is 1.05. The van der Waals surface area contributed by atoms with E-state index in [-0.39, 0.29) is 18.0 Å². The summed E-state index contributed by atoms with van der Waals surface area (Å²) in [4.78, 5) is 0. The summed E-state index contributed by atoms with van der Waals surface area (Å²) in [5.74, 6) is 5.42. The molecule has 20 heavy (non-hydrogen) atoms. The van der Waals surface area contributed by atoms with Crippen LogP contribution < -0.4 is 4.74 Å². The van der Waals surface area contributed by atoms with Gasteiger partial charge in [0.25, 0.3) is 0 Å². The van der Waals surface area contributed by atoms with Crippen molar-refractivity contribution in [2.45, 2.75) is 32.3 Å². The Morgan fingerprint density at radius 3 is 2.75 bits per heavy atom. The molecule has 0 aliphatic heterocycles. The molecule has 0 heterocycles. The monoisotopic (exact) mass is 280 g/mol. The number of aliphatic hydroxyl groups excluding tert-OH is 1. The molecular formula is C16H21FO3. The van der Waals surface area contributed by atoms with Crippen LogP contribution in [0.15, 0.2) is 18.2 Å². The van der Waals surface area contributed by atoms with E-state index < -0.39 is 5.82 Å². The van der Waals surface area contributed by atoms with E-state index in [0.717, 1.165) is 0 Å². The fourth-order valence-electron chi connectivity index (χ4n) is 1.42. The van der Waals surface area contributed by atoms with E-state index in [2.05, 4.69) is 11.8 Å². The van der Waals surface area contributed by atoms with Crippen LogP contribution in [0, 0.1) is 17.7 Å².